The van der Waals surface area contributed by atoms with Gasteiger partial charge in [0.25, 0.3) is 0 Å². The van der Waals surface area contributed by atoms with Crippen LogP contribution in [0, 0.1) is 11.8 Å². The molecule has 0 spiro atoms. The first kappa shape index (κ1) is 61.5. The number of amides is 8. The number of nitrogens with one attached hydrogen (secondary N) is 7. The largest absolute Gasteiger partial charge is 0.480 e. The molecule has 71 heavy (non-hydrogen) atoms. The molecule has 25 heteroatoms. The predicted molar refractivity (Wildman–Crippen MR) is 272 cm³/mol. The molecule has 1 fully saturated rings. The highest BCUT2D eigenvalue weighted by molar-refractivity contribution is 7.98. The molecule has 398 valence electrons. The number of aliphatic hydroxyl groups is 1. The SMILES string of the molecule is CSCC[C@H](NC(=O)[C@@H](N)C(C)C)C(=O)N[C@@H](C)C(=O)N1CCC[C@H]1C(=O)N[C@@H](CCCN=C(N)N)C(=O)N[C@H](C(=O)N[C@@H](CC(C)C)C(=O)N[C@@H](Cc1ccccc1)C(=O)N[C@@H](CS)C(=O)O)[C@@H](C)O. The fourth-order valence-corrected chi connectivity index (χ4v) is 8.17. The third-order valence-electron chi connectivity index (χ3n) is 11.5. The summed E-state index contributed by atoms with van der Waals surface area (Å²) in [6.07, 6.45) is 1.27. The molecule has 0 aliphatic carbocycles. The Morgan fingerprint density at radius 1 is 0.761 bits per heavy atom. The Morgan fingerprint density at radius 3 is 1.89 bits per heavy atom. The molecular weight excluding hydrogens is 961 g/mol. The second-order valence-electron chi connectivity index (χ2n) is 18.3. The lowest BCUT2D eigenvalue weighted by atomic mass is 10.00. The molecule has 1 aliphatic heterocycles. The van der Waals surface area contributed by atoms with Gasteiger partial charge in [-0.05, 0) is 81.8 Å². The van der Waals surface area contributed by atoms with Crippen LogP contribution < -0.4 is 54.4 Å². The van der Waals surface area contributed by atoms with E-state index in [4.69, 9.17) is 17.2 Å². The first-order chi connectivity index (χ1) is 33.4. The van der Waals surface area contributed by atoms with Crippen molar-refractivity contribution in [3.63, 3.8) is 0 Å². The van der Waals surface area contributed by atoms with Gasteiger partial charge in [0.1, 0.15) is 48.3 Å². The number of carbonyl (C=O) groups excluding carboxylic acids is 8. The molecule has 23 nitrogen and oxygen atoms in total. The molecule has 1 aromatic carbocycles. The van der Waals surface area contributed by atoms with Crippen LogP contribution in [0.1, 0.15) is 85.6 Å². The van der Waals surface area contributed by atoms with Crippen molar-refractivity contribution in [3.05, 3.63) is 35.9 Å². The first-order valence-electron chi connectivity index (χ1n) is 23.7. The third kappa shape index (κ3) is 20.9. The van der Waals surface area contributed by atoms with Gasteiger partial charge in [0.2, 0.25) is 47.3 Å². The molecule has 0 bridgehead atoms. The maximum atomic E-state index is 14.1. The number of carbonyl (C=O) groups is 9. The lowest BCUT2D eigenvalue weighted by molar-refractivity contribution is -0.142. The van der Waals surface area contributed by atoms with Crippen molar-refractivity contribution in [1.82, 2.24) is 42.1 Å². The number of thioether (sulfide) groups is 1. The summed E-state index contributed by atoms with van der Waals surface area (Å²) in [4.78, 5) is 127. The molecular formula is C46H76N12O11S2. The minimum atomic E-state index is -1.68. The highest BCUT2D eigenvalue weighted by Crippen LogP contribution is 2.20. The zero-order chi connectivity index (χ0) is 53.5. The van der Waals surface area contributed by atoms with E-state index in [1.807, 2.05) is 6.26 Å². The fourth-order valence-electron chi connectivity index (χ4n) is 7.46. The van der Waals surface area contributed by atoms with Crippen molar-refractivity contribution in [2.75, 3.05) is 30.9 Å². The molecule has 8 amide bonds. The van der Waals surface area contributed by atoms with Gasteiger partial charge in [-0.25, -0.2) is 4.79 Å². The standard InChI is InChI=1S/C46H76N12O11S2/c1-24(2)21-31(39(62)54-32(22-28-13-9-8-10-14-28)40(63)56-33(23-70)45(68)69)55-43(66)36(27(6)59)57-38(61)29(15-11-18-50-46(48)49)52-41(64)34-16-12-19-58(34)44(67)26(5)51-37(60)30(17-20-71-7)53-42(65)35(47)25(3)4/h8-10,13-14,24-27,29-36,59,70H,11-12,15-23,47H2,1-7H3,(H,51,60)(H,52,64)(H,53,65)(H,54,62)(H,55,66)(H,56,63)(H,57,61)(H,68,69)(H4,48,49,50)/t26-,27+,29-,30-,31-,32-,33-,34-,35-,36-/m0/s1. The van der Waals surface area contributed by atoms with E-state index in [1.54, 1.807) is 58.0 Å². The first-order valence-corrected chi connectivity index (χ1v) is 25.7. The number of carboxylic acids is 1. The highest BCUT2D eigenvalue weighted by atomic mass is 32.2. The van der Waals surface area contributed by atoms with E-state index in [2.05, 4.69) is 54.8 Å². The average molecular weight is 1040 g/mol. The molecule has 1 aliphatic rings. The quantitative estimate of drug-likeness (QED) is 0.0169. The number of aliphatic hydroxyl groups excluding tert-OH is 1. The fraction of sp³-hybridized carbons (Fsp3) is 0.652. The molecule has 1 saturated heterocycles. The summed E-state index contributed by atoms with van der Waals surface area (Å²) in [5.41, 5.74) is 17.6. The van der Waals surface area contributed by atoms with Gasteiger partial charge in [-0.1, -0.05) is 58.0 Å². The number of aliphatic imine (C=N–C) groups is 1. The van der Waals surface area contributed by atoms with Crippen LogP contribution >= 0.6 is 24.4 Å². The van der Waals surface area contributed by atoms with Crippen LogP contribution in [0.15, 0.2) is 35.3 Å². The van der Waals surface area contributed by atoms with Crippen molar-refractivity contribution in [1.29, 1.82) is 0 Å². The topological polar surface area (TPSA) is 372 Å². The van der Waals surface area contributed by atoms with Gasteiger partial charge in [0.15, 0.2) is 5.96 Å². The van der Waals surface area contributed by atoms with Gasteiger partial charge in [-0.3, -0.25) is 43.3 Å². The third-order valence-corrected chi connectivity index (χ3v) is 12.5. The van der Waals surface area contributed by atoms with Gasteiger partial charge in [0, 0.05) is 25.3 Å². The molecule has 1 aromatic rings. The second kappa shape index (κ2) is 30.9. The number of nitrogens with two attached hydrogens (primary N) is 3. The number of benzene rings is 1. The van der Waals surface area contributed by atoms with E-state index in [9.17, 15) is 53.4 Å². The van der Waals surface area contributed by atoms with E-state index in [0.29, 0.717) is 17.7 Å². The summed E-state index contributed by atoms with van der Waals surface area (Å²) in [5.74, 6) is -7.57. The number of hydrogen-bond acceptors (Lipinski definition) is 14. The van der Waals surface area contributed by atoms with E-state index in [0.717, 1.165) is 0 Å². The number of nitrogens with zero attached hydrogens (tertiary/aromatic N) is 2. The van der Waals surface area contributed by atoms with Gasteiger partial charge < -0.3 is 69.5 Å². The number of likely N-dealkylation sites (tertiary alicyclic amines) is 1. The average Bonchev–Trinajstić information content (AvgIpc) is 3.81. The minimum Gasteiger partial charge on any atom is -0.480 e. The van der Waals surface area contributed by atoms with E-state index in [1.165, 1.54) is 30.5 Å². The molecule has 0 radical (unpaired) electrons. The van der Waals surface area contributed by atoms with Gasteiger partial charge in [-0.15, -0.1) is 0 Å². The number of hydrogen-bond donors (Lipinski definition) is 13. The van der Waals surface area contributed by atoms with E-state index >= 15 is 0 Å². The van der Waals surface area contributed by atoms with Crippen LogP contribution in [0.4, 0.5) is 0 Å². The summed E-state index contributed by atoms with van der Waals surface area (Å²) in [6, 6.07) is -2.42. The Morgan fingerprint density at radius 2 is 1.32 bits per heavy atom. The number of rotatable bonds is 30. The van der Waals surface area contributed by atoms with Crippen LogP contribution in [-0.4, -0.2) is 166 Å². The van der Waals surface area contributed by atoms with Crippen molar-refractivity contribution in [3.8, 4) is 0 Å². The number of aliphatic carboxylic acids is 1. The van der Waals surface area contributed by atoms with E-state index in [-0.39, 0.29) is 75.2 Å². The number of carboxylic acid groups (broad SMARTS) is 1. The normalized spacial score (nSPS) is 17.2. The molecule has 0 saturated carbocycles. The monoisotopic (exact) mass is 1040 g/mol. The second-order valence-corrected chi connectivity index (χ2v) is 19.6. The van der Waals surface area contributed by atoms with Crippen molar-refractivity contribution in [2.45, 2.75) is 147 Å². The van der Waals surface area contributed by atoms with Crippen LogP contribution in [0.3, 0.4) is 0 Å². The van der Waals surface area contributed by atoms with Crippen LogP contribution in [0.25, 0.3) is 0 Å². The molecule has 15 N–H and O–H groups in total. The van der Waals surface area contributed by atoms with Gasteiger partial charge >= 0.3 is 5.97 Å². The van der Waals surface area contributed by atoms with Gasteiger partial charge in [0.05, 0.1) is 12.1 Å². The van der Waals surface area contributed by atoms with Crippen molar-refractivity contribution < 1.29 is 53.4 Å². The Balaban J connectivity index is 2.33. The molecule has 2 rings (SSSR count). The molecule has 0 aromatic heterocycles. The zero-order valence-corrected chi connectivity index (χ0v) is 43.4. The lowest BCUT2D eigenvalue weighted by Crippen LogP contribution is -2.62. The number of thiol groups is 1. The maximum absolute atomic E-state index is 14.1. The number of guanidine groups is 1. The Labute approximate surface area is 425 Å². The summed E-state index contributed by atoms with van der Waals surface area (Å²) < 4.78 is 0. The van der Waals surface area contributed by atoms with Crippen molar-refractivity contribution >= 4 is 83.6 Å². The van der Waals surface area contributed by atoms with Crippen LogP contribution in [0.5, 0.6) is 0 Å². The predicted octanol–water partition coefficient (Wildman–Crippen LogP) is -2.14. The lowest BCUT2D eigenvalue weighted by Gasteiger charge is -2.30. The zero-order valence-electron chi connectivity index (χ0n) is 41.6. The molecule has 0 unspecified atom stereocenters. The summed E-state index contributed by atoms with van der Waals surface area (Å²) in [6.45, 7) is 10.00. The Bertz CT molecular complexity index is 1990. The Hall–Kier alpha value is -5.66. The summed E-state index contributed by atoms with van der Waals surface area (Å²) >= 11 is 5.48. The van der Waals surface area contributed by atoms with Crippen LogP contribution in [-0.2, 0) is 49.6 Å². The minimum absolute atomic E-state index is 0.0384. The molecule has 10 atom stereocenters. The molecule has 1 heterocycles. The van der Waals surface area contributed by atoms with Crippen LogP contribution in [0.2, 0.25) is 0 Å². The summed E-state index contributed by atoms with van der Waals surface area (Å²) in [5, 5.41) is 38.5. The Kier molecular flexibility index (Phi) is 26.8. The van der Waals surface area contributed by atoms with E-state index < -0.39 is 114 Å². The van der Waals surface area contributed by atoms with Gasteiger partial charge in [-0.2, -0.15) is 24.4 Å². The summed E-state index contributed by atoms with van der Waals surface area (Å²) in [7, 11) is 0. The van der Waals surface area contributed by atoms with Crippen molar-refractivity contribution in [2.24, 2.45) is 34.0 Å². The highest BCUT2D eigenvalue weighted by Gasteiger charge is 2.40. The smallest absolute Gasteiger partial charge is 0.327 e. The maximum Gasteiger partial charge on any atom is 0.327 e.